The number of nitrogens with one attached hydrogen (secondary N) is 1. The molecule has 0 saturated carbocycles. The molecule has 1 amide bonds. The van der Waals surface area contributed by atoms with Crippen molar-refractivity contribution < 1.29 is 4.79 Å². The largest absolute Gasteiger partial charge is 0.356 e. The second kappa shape index (κ2) is 12.6. The van der Waals surface area contributed by atoms with E-state index in [1.165, 1.54) is 24.6 Å². The molecule has 1 saturated heterocycles. The quantitative estimate of drug-likeness (QED) is 0.317. The van der Waals surface area contributed by atoms with Crippen molar-refractivity contribution >= 4 is 35.1 Å². The number of aromatic nitrogens is 2. The summed E-state index contributed by atoms with van der Waals surface area (Å²) in [6.07, 6.45) is 4.40. The lowest BCUT2D eigenvalue weighted by molar-refractivity contribution is -0.119. The van der Waals surface area contributed by atoms with E-state index in [2.05, 4.69) is 52.8 Å². The van der Waals surface area contributed by atoms with Crippen LogP contribution in [0.5, 0.6) is 0 Å². The zero-order valence-electron chi connectivity index (χ0n) is 18.3. The van der Waals surface area contributed by atoms with Gasteiger partial charge in [0.05, 0.1) is 5.75 Å². The maximum Gasteiger partial charge on any atom is 0.230 e. The fraction of sp³-hybridized carbons (Fsp3) is 0.762. The maximum absolute atomic E-state index is 12.3. The first-order chi connectivity index (χ1) is 13.9. The lowest BCUT2D eigenvalue weighted by atomic mass is 9.99. The van der Waals surface area contributed by atoms with Gasteiger partial charge in [-0.1, -0.05) is 44.1 Å². The number of nitrogens with zero attached hydrogens (tertiary/aromatic N) is 4. The summed E-state index contributed by atoms with van der Waals surface area (Å²) in [7, 11) is 0. The fourth-order valence-electron chi connectivity index (χ4n) is 3.53. The summed E-state index contributed by atoms with van der Waals surface area (Å²) in [4.78, 5) is 25.9. The molecule has 1 aliphatic heterocycles. The predicted octanol–water partition coefficient (Wildman–Crippen LogP) is 4.09. The second-order valence-corrected chi connectivity index (χ2v) is 9.26. The van der Waals surface area contributed by atoms with E-state index in [0.29, 0.717) is 16.1 Å². The Labute approximate surface area is 185 Å². The van der Waals surface area contributed by atoms with Crippen LogP contribution in [0.15, 0.2) is 11.2 Å². The van der Waals surface area contributed by atoms with E-state index in [1.807, 2.05) is 6.07 Å². The third kappa shape index (κ3) is 8.69. The molecule has 0 aromatic carbocycles. The van der Waals surface area contributed by atoms with Crippen LogP contribution in [-0.2, 0) is 4.79 Å². The van der Waals surface area contributed by atoms with Crippen molar-refractivity contribution in [2.45, 2.75) is 64.6 Å². The fourth-order valence-corrected chi connectivity index (χ4v) is 4.42. The second-order valence-electron chi connectivity index (χ2n) is 7.93. The number of amides is 1. The Balaban J connectivity index is 1.77. The lowest BCUT2D eigenvalue weighted by Crippen LogP contribution is -2.35. The Morgan fingerprint density at radius 2 is 2.03 bits per heavy atom. The van der Waals surface area contributed by atoms with Crippen molar-refractivity contribution in [3.05, 3.63) is 11.2 Å². The number of halogens is 1. The Kier molecular flexibility index (Phi) is 10.5. The number of carbonyl (C=O) groups is 1. The predicted molar refractivity (Wildman–Crippen MR) is 123 cm³/mol. The molecule has 1 fully saturated rings. The van der Waals surface area contributed by atoms with Gasteiger partial charge in [0.1, 0.15) is 11.0 Å². The minimum Gasteiger partial charge on any atom is -0.356 e. The van der Waals surface area contributed by atoms with Gasteiger partial charge in [-0.15, -0.1) is 0 Å². The number of rotatable bonds is 11. The number of piperidine rings is 1. The van der Waals surface area contributed by atoms with Gasteiger partial charge >= 0.3 is 0 Å². The normalized spacial score (nSPS) is 16.3. The molecule has 0 radical (unpaired) electrons. The number of hydrogen-bond acceptors (Lipinski definition) is 6. The number of hydrogen-bond donors (Lipinski definition) is 1. The van der Waals surface area contributed by atoms with Gasteiger partial charge in [0, 0.05) is 25.2 Å². The van der Waals surface area contributed by atoms with E-state index in [0.717, 1.165) is 57.3 Å². The smallest absolute Gasteiger partial charge is 0.230 e. The van der Waals surface area contributed by atoms with Crippen LogP contribution in [0.2, 0.25) is 5.15 Å². The van der Waals surface area contributed by atoms with Crippen molar-refractivity contribution in [1.29, 1.82) is 0 Å². The summed E-state index contributed by atoms with van der Waals surface area (Å²) in [5.41, 5.74) is 0. The van der Waals surface area contributed by atoms with Crippen LogP contribution >= 0.6 is 23.4 Å². The molecular weight excluding hydrogens is 406 g/mol. The van der Waals surface area contributed by atoms with Gasteiger partial charge in [-0.2, -0.15) is 0 Å². The maximum atomic E-state index is 12.3. The molecule has 2 heterocycles. The summed E-state index contributed by atoms with van der Waals surface area (Å²) in [6, 6.07) is 1.99. The van der Waals surface area contributed by atoms with E-state index in [9.17, 15) is 4.79 Å². The molecule has 1 unspecified atom stereocenters. The topological polar surface area (TPSA) is 61.4 Å². The van der Waals surface area contributed by atoms with Crippen LogP contribution in [0, 0.1) is 5.92 Å². The first kappa shape index (κ1) is 24.2. The van der Waals surface area contributed by atoms with Crippen molar-refractivity contribution in [2.24, 2.45) is 5.92 Å². The van der Waals surface area contributed by atoms with Crippen LogP contribution in [0.3, 0.4) is 0 Å². The molecule has 1 N–H and O–H groups in total. The van der Waals surface area contributed by atoms with Crippen LogP contribution < -0.4 is 10.2 Å². The summed E-state index contributed by atoms with van der Waals surface area (Å²) in [5.74, 6) is 1.94. The first-order valence-electron chi connectivity index (χ1n) is 10.8. The number of thioether (sulfide) groups is 1. The van der Waals surface area contributed by atoms with Gasteiger partial charge in [0.2, 0.25) is 5.91 Å². The van der Waals surface area contributed by atoms with Crippen LogP contribution in [0.25, 0.3) is 0 Å². The van der Waals surface area contributed by atoms with Crippen LogP contribution in [0.4, 0.5) is 5.82 Å². The number of carbonyl (C=O) groups excluding carboxylic acids is 1. The molecule has 8 heteroatoms. The van der Waals surface area contributed by atoms with E-state index >= 15 is 0 Å². The Hall–Kier alpha value is -1.05. The Morgan fingerprint density at radius 3 is 2.69 bits per heavy atom. The summed E-state index contributed by atoms with van der Waals surface area (Å²) < 4.78 is 0. The molecule has 1 aromatic heterocycles. The van der Waals surface area contributed by atoms with Crippen molar-refractivity contribution in [2.75, 3.05) is 43.4 Å². The zero-order valence-corrected chi connectivity index (χ0v) is 19.9. The molecule has 6 nitrogen and oxygen atoms in total. The van der Waals surface area contributed by atoms with Crippen molar-refractivity contribution in [3.63, 3.8) is 0 Å². The molecule has 0 bridgehead atoms. The van der Waals surface area contributed by atoms with Gasteiger partial charge < -0.3 is 15.1 Å². The Bertz CT molecular complexity index is 635. The monoisotopic (exact) mass is 441 g/mol. The molecule has 1 aliphatic rings. The summed E-state index contributed by atoms with van der Waals surface area (Å²) in [5, 5.41) is 4.08. The average molecular weight is 442 g/mol. The highest BCUT2D eigenvalue weighted by atomic mass is 35.5. The van der Waals surface area contributed by atoms with Gasteiger partial charge in [-0.05, 0) is 58.2 Å². The molecule has 164 valence electrons. The van der Waals surface area contributed by atoms with E-state index in [-0.39, 0.29) is 11.9 Å². The van der Waals surface area contributed by atoms with E-state index in [1.54, 1.807) is 0 Å². The van der Waals surface area contributed by atoms with Crippen molar-refractivity contribution in [1.82, 2.24) is 20.2 Å². The van der Waals surface area contributed by atoms with E-state index in [4.69, 9.17) is 11.6 Å². The van der Waals surface area contributed by atoms with Crippen molar-refractivity contribution in [3.8, 4) is 0 Å². The molecule has 1 aromatic rings. The number of anilines is 1. The SMILES string of the molecule is CCN(CC)CCCC(C)NC(=O)CSc1nc(Cl)cc(N2CCC(C)CC2)n1. The van der Waals surface area contributed by atoms with Gasteiger partial charge in [-0.25, -0.2) is 9.97 Å². The lowest BCUT2D eigenvalue weighted by Gasteiger charge is -2.31. The third-order valence-electron chi connectivity index (χ3n) is 5.51. The Morgan fingerprint density at radius 1 is 1.34 bits per heavy atom. The van der Waals surface area contributed by atoms with Crippen LogP contribution in [-0.4, -0.2) is 65.3 Å². The minimum atomic E-state index is 0.0160. The zero-order chi connectivity index (χ0) is 21.2. The highest BCUT2D eigenvalue weighted by Crippen LogP contribution is 2.25. The molecule has 2 rings (SSSR count). The van der Waals surface area contributed by atoms with E-state index < -0.39 is 0 Å². The average Bonchev–Trinajstić information content (AvgIpc) is 2.70. The molecule has 0 spiro atoms. The van der Waals surface area contributed by atoms with Gasteiger partial charge in [0.15, 0.2) is 5.16 Å². The van der Waals surface area contributed by atoms with Gasteiger partial charge in [-0.3, -0.25) is 4.79 Å². The molecular formula is C21H36ClN5OS. The molecule has 29 heavy (non-hydrogen) atoms. The minimum absolute atomic E-state index is 0.0160. The third-order valence-corrected chi connectivity index (χ3v) is 6.56. The molecule has 0 aliphatic carbocycles. The standard InChI is InChI=1S/C21H36ClN5OS/c1-5-26(6-2)11-7-8-17(4)23-20(28)15-29-21-24-18(22)14-19(25-21)27-12-9-16(3)10-13-27/h14,16-17H,5-13,15H2,1-4H3,(H,23,28). The van der Waals surface area contributed by atoms with Crippen LogP contribution in [0.1, 0.15) is 53.4 Å². The van der Waals surface area contributed by atoms with Gasteiger partial charge in [0.25, 0.3) is 0 Å². The summed E-state index contributed by atoms with van der Waals surface area (Å²) >= 11 is 7.55. The summed E-state index contributed by atoms with van der Waals surface area (Å²) in [6.45, 7) is 13.9. The molecule has 1 atom stereocenters. The highest BCUT2D eigenvalue weighted by molar-refractivity contribution is 7.99. The highest BCUT2D eigenvalue weighted by Gasteiger charge is 2.19. The first-order valence-corrected chi connectivity index (χ1v) is 12.2.